The summed E-state index contributed by atoms with van der Waals surface area (Å²) in [5.74, 6) is -0.0182. The van der Waals surface area contributed by atoms with Crippen LogP contribution in [0.1, 0.15) is 55.8 Å². The number of anilines is 1. The lowest BCUT2D eigenvalue weighted by Gasteiger charge is -2.18. The zero-order valence-electron chi connectivity index (χ0n) is 12.0. The fourth-order valence-electron chi connectivity index (χ4n) is 2.74. The first-order valence-electron chi connectivity index (χ1n) is 7.55. The van der Waals surface area contributed by atoms with Crippen LogP contribution in [-0.4, -0.2) is 18.5 Å². The van der Waals surface area contributed by atoms with Crippen molar-refractivity contribution in [1.82, 2.24) is 5.32 Å². The van der Waals surface area contributed by atoms with Gasteiger partial charge in [-0.05, 0) is 38.0 Å². The van der Waals surface area contributed by atoms with Crippen molar-refractivity contribution in [1.29, 1.82) is 0 Å². The molecule has 2 rings (SSSR count). The van der Waals surface area contributed by atoms with E-state index in [0.29, 0.717) is 16.6 Å². The fourth-order valence-corrected chi connectivity index (χ4v) is 2.91. The van der Waals surface area contributed by atoms with E-state index in [1.807, 2.05) is 19.1 Å². The molecule has 1 aliphatic carbocycles. The second kappa shape index (κ2) is 7.53. The minimum atomic E-state index is -0.0182. The van der Waals surface area contributed by atoms with Crippen LogP contribution in [0.3, 0.4) is 0 Å². The highest BCUT2D eigenvalue weighted by Gasteiger charge is 2.18. The zero-order valence-corrected chi connectivity index (χ0v) is 12.8. The number of carbonyl (C=O) groups is 1. The van der Waals surface area contributed by atoms with E-state index in [1.165, 1.54) is 25.7 Å². The van der Waals surface area contributed by atoms with Gasteiger partial charge >= 0.3 is 0 Å². The number of rotatable bonds is 4. The molecule has 0 aromatic heterocycles. The number of hydrogen-bond donors (Lipinski definition) is 2. The van der Waals surface area contributed by atoms with Crippen LogP contribution in [0.5, 0.6) is 0 Å². The molecule has 0 aliphatic heterocycles. The van der Waals surface area contributed by atoms with Crippen molar-refractivity contribution in [3.8, 4) is 0 Å². The van der Waals surface area contributed by atoms with E-state index < -0.39 is 0 Å². The van der Waals surface area contributed by atoms with Crippen LogP contribution in [0.15, 0.2) is 18.2 Å². The summed E-state index contributed by atoms with van der Waals surface area (Å²) in [5.41, 5.74) is 1.49. The molecule has 1 aliphatic rings. The second-order valence-corrected chi connectivity index (χ2v) is 5.82. The van der Waals surface area contributed by atoms with E-state index in [9.17, 15) is 4.79 Å². The van der Waals surface area contributed by atoms with E-state index in [-0.39, 0.29) is 5.91 Å². The molecule has 1 aromatic rings. The molecule has 0 unspecified atom stereocenters. The number of carbonyl (C=O) groups excluding carboxylic acids is 1. The van der Waals surface area contributed by atoms with Crippen molar-refractivity contribution in [2.45, 2.75) is 51.5 Å². The maximum Gasteiger partial charge on any atom is 0.253 e. The van der Waals surface area contributed by atoms with Gasteiger partial charge in [-0.3, -0.25) is 4.79 Å². The van der Waals surface area contributed by atoms with Gasteiger partial charge in [0.1, 0.15) is 0 Å². The Labute approximate surface area is 126 Å². The third kappa shape index (κ3) is 4.14. The van der Waals surface area contributed by atoms with Gasteiger partial charge in [-0.2, -0.15) is 0 Å². The van der Waals surface area contributed by atoms with Crippen LogP contribution in [0.25, 0.3) is 0 Å². The first-order valence-corrected chi connectivity index (χ1v) is 7.92. The van der Waals surface area contributed by atoms with Crippen LogP contribution >= 0.6 is 11.6 Å². The summed E-state index contributed by atoms with van der Waals surface area (Å²) in [5, 5.41) is 6.97. The maximum absolute atomic E-state index is 12.5. The lowest BCUT2D eigenvalue weighted by atomic mass is 10.1. The average molecular weight is 295 g/mol. The third-order valence-corrected chi connectivity index (χ3v) is 4.02. The third-order valence-electron chi connectivity index (χ3n) is 3.78. The van der Waals surface area contributed by atoms with Crippen molar-refractivity contribution >= 4 is 23.2 Å². The Morgan fingerprint density at radius 1 is 1.25 bits per heavy atom. The van der Waals surface area contributed by atoms with Crippen molar-refractivity contribution in [2.75, 3.05) is 11.9 Å². The molecule has 0 radical (unpaired) electrons. The van der Waals surface area contributed by atoms with Crippen LogP contribution in [-0.2, 0) is 0 Å². The van der Waals surface area contributed by atoms with E-state index in [0.717, 1.165) is 25.1 Å². The summed E-state index contributed by atoms with van der Waals surface area (Å²) in [4.78, 5) is 12.5. The first kappa shape index (κ1) is 15.2. The summed E-state index contributed by atoms with van der Waals surface area (Å²) in [6.07, 6.45) is 7.16. The summed E-state index contributed by atoms with van der Waals surface area (Å²) < 4.78 is 0. The van der Waals surface area contributed by atoms with Gasteiger partial charge in [-0.15, -0.1) is 0 Å². The fraction of sp³-hybridized carbons (Fsp3) is 0.562. The number of amides is 1. The van der Waals surface area contributed by atoms with Gasteiger partial charge in [0.25, 0.3) is 5.91 Å². The van der Waals surface area contributed by atoms with Crippen LogP contribution in [0, 0.1) is 0 Å². The molecule has 0 atom stereocenters. The van der Waals surface area contributed by atoms with Gasteiger partial charge < -0.3 is 10.6 Å². The molecule has 0 bridgehead atoms. The molecule has 20 heavy (non-hydrogen) atoms. The molecular weight excluding hydrogens is 272 g/mol. The van der Waals surface area contributed by atoms with Gasteiger partial charge in [-0.25, -0.2) is 0 Å². The summed E-state index contributed by atoms with van der Waals surface area (Å²) in [6.45, 7) is 2.80. The number of halogens is 1. The molecule has 1 fully saturated rings. The normalized spacial score (nSPS) is 16.5. The van der Waals surface area contributed by atoms with Gasteiger partial charge in [0.15, 0.2) is 0 Å². The minimum absolute atomic E-state index is 0.0182. The highest BCUT2D eigenvalue weighted by molar-refractivity contribution is 6.31. The standard InChI is InChI=1S/C16H23ClN2O/c1-2-18-15-10-9-12(17)11-14(15)16(20)19-13-7-5-3-4-6-8-13/h9-11,13,18H,2-8H2,1H3,(H,19,20). The summed E-state index contributed by atoms with van der Waals surface area (Å²) in [6, 6.07) is 5.72. The number of nitrogens with one attached hydrogen (secondary N) is 2. The highest BCUT2D eigenvalue weighted by Crippen LogP contribution is 2.22. The molecule has 1 aromatic carbocycles. The zero-order chi connectivity index (χ0) is 14.4. The molecule has 3 nitrogen and oxygen atoms in total. The lowest BCUT2D eigenvalue weighted by Crippen LogP contribution is -2.34. The summed E-state index contributed by atoms with van der Waals surface area (Å²) >= 11 is 6.02. The minimum Gasteiger partial charge on any atom is -0.385 e. The van der Waals surface area contributed by atoms with E-state index in [4.69, 9.17) is 11.6 Å². The predicted octanol–water partition coefficient (Wildman–Crippen LogP) is 4.22. The Hall–Kier alpha value is -1.22. The first-order chi connectivity index (χ1) is 9.70. The molecule has 0 heterocycles. The molecule has 1 saturated carbocycles. The molecule has 1 amide bonds. The highest BCUT2D eigenvalue weighted by atomic mass is 35.5. The Bertz CT molecular complexity index is 454. The smallest absolute Gasteiger partial charge is 0.253 e. The maximum atomic E-state index is 12.5. The summed E-state index contributed by atoms with van der Waals surface area (Å²) in [7, 11) is 0. The quantitative estimate of drug-likeness (QED) is 0.816. The predicted molar refractivity (Wildman–Crippen MR) is 84.6 cm³/mol. The van der Waals surface area contributed by atoms with Crippen LogP contribution in [0.4, 0.5) is 5.69 Å². The SMILES string of the molecule is CCNc1ccc(Cl)cc1C(=O)NC1CCCCCC1. The van der Waals surface area contributed by atoms with Gasteiger partial charge in [0, 0.05) is 23.3 Å². The topological polar surface area (TPSA) is 41.1 Å². The van der Waals surface area contributed by atoms with Crippen molar-refractivity contribution in [3.05, 3.63) is 28.8 Å². The Morgan fingerprint density at radius 3 is 2.60 bits per heavy atom. The Morgan fingerprint density at radius 2 is 1.95 bits per heavy atom. The molecule has 0 saturated heterocycles. The van der Waals surface area contributed by atoms with Crippen molar-refractivity contribution < 1.29 is 4.79 Å². The molecular formula is C16H23ClN2O. The van der Waals surface area contributed by atoms with Gasteiger partial charge in [-0.1, -0.05) is 37.3 Å². The van der Waals surface area contributed by atoms with E-state index in [2.05, 4.69) is 10.6 Å². The molecule has 110 valence electrons. The molecule has 4 heteroatoms. The Balaban J connectivity index is 2.09. The molecule has 0 spiro atoms. The van der Waals surface area contributed by atoms with E-state index >= 15 is 0 Å². The lowest BCUT2D eigenvalue weighted by molar-refractivity contribution is 0.0934. The van der Waals surface area contributed by atoms with E-state index in [1.54, 1.807) is 6.07 Å². The van der Waals surface area contributed by atoms with Crippen LogP contribution in [0.2, 0.25) is 5.02 Å². The molecule has 2 N–H and O–H groups in total. The van der Waals surface area contributed by atoms with Gasteiger partial charge in [0.2, 0.25) is 0 Å². The number of benzene rings is 1. The average Bonchev–Trinajstić information content (AvgIpc) is 2.69. The van der Waals surface area contributed by atoms with Crippen molar-refractivity contribution in [2.24, 2.45) is 0 Å². The van der Waals surface area contributed by atoms with Crippen LogP contribution < -0.4 is 10.6 Å². The largest absolute Gasteiger partial charge is 0.385 e. The monoisotopic (exact) mass is 294 g/mol. The second-order valence-electron chi connectivity index (χ2n) is 5.38. The Kier molecular flexibility index (Phi) is 5.72. The van der Waals surface area contributed by atoms with Crippen molar-refractivity contribution in [3.63, 3.8) is 0 Å². The number of hydrogen-bond acceptors (Lipinski definition) is 2. The van der Waals surface area contributed by atoms with Gasteiger partial charge in [0.05, 0.1) is 5.56 Å².